The first-order valence-corrected chi connectivity index (χ1v) is 9.74. The van der Waals surface area contributed by atoms with Crippen molar-refractivity contribution in [3.05, 3.63) is 59.1 Å². The molecule has 0 saturated heterocycles. The van der Waals surface area contributed by atoms with E-state index >= 15 is 0 Å². The number of benzene rings is 2. The van der Waals surface area contributed by atoms with Crippen LogP contribution in [0.5, 0.6) is 5.75 Å². The molecule has 1 heterocycles. The minimum atomic E-state index is -0.0959. The third-order valence-electron chi connectivity index (χ3n) is 3.63. The van der Waals surface area contributed by atoms with E-state index in [4.69, 9.17) is 16.3 Å². The normalized spacial score (nSPS) is 10.6. The number of thioether (sulfide) groups is 1. The monoisotopic (exact) mass is 402 g/mol. The highest BCUT2D eigenvalue weighted by atomic mass is 35.5. The number of rotatable bonds is 8. The number of halogens is 1. The van der Waals surface area contributed by atoms with Gasteiger partial charge in [0.1, 0.15) is 12.4 Å². The van der Waals surface area contributed by atoms with Crippen molar-refractivity contribution >= 4 is 29.3 Å². The summed E-state index contributed by atoms with van der Waals surface area (Å²) in [5.41, 5.74) is 2.15. The zero-order valence-corrected chi connectivity index (χ0v) is 16.3. The Bertz CT molecular complexity index is 881. The molecular weight excluding hydrogens is 384 g/mol. The van der Waals surface area contributed by atoms with Crippen LogP contribution in [0.4, 0.5) is 0 Å². The Balaban J connectivity index is 1.38. The lowest BCUT2D eigenvalue weighted by Crippen LogP contribution is -2.29. The molecule has 1 aromatic heterocycles. The quantitative estimate of drug-likeness (QED) is 0.443. The van der Waals surface area contributed by atoms with Gasteiger partial charge in [0, 0.05) is 10.6 Å². The van der Waals surface area contributed by atoms with E-state index in [1.54, 1.807) is 24.3 Å². The zero-order valence-electron chi connectivity index (χ0n) is 14.7. The molecule has 0 aliphatic rings. The Morgan fingerprint density at radius 2 is 1.93 bits per heavy atom. The van der Waals surface area contributed by atoms with Crippen molar-refractivity contribution < 1.29 is 9.53 Å². The molecule has 0 aliphatic carbocycles. The van der Waals surface area contributed by atoms with E-state index in [0.717, 1.165) is 5.56 Å². The van der Waals surface area contributed by atoms with Gasteiger partial charge < -0.3 is 10.1 Å². The first kappa shape index (κ1) is 19.3. The van der Waals surface area contributed by atoms with Gasteiger partial charge in [-0.15, -0.1) is 5.10 Å². The van der Waals surface area contributed by atoms with E-state index in [2.05, 4.69) is 20.5 Å². The maximum Gasteiger partial charge on any atom is 0.230 e. The summed E-state index contributed by atoms with van der Waals surface area (Å²) in [7, 11) is 0. The van der Waals surface area contributed by atoms with Crippen LogP contribution in [0.2, 0.25) is 5.02 Å². The van der Waals surface area contributed by atoms with Crippen LogP contribution in [-0.4, -0.2) is 40.0 Å². The lowest BCUT2D eigenvalue weighted by atomic mass is 10.1. The fourth-order valence-corrected chi connectivity index (χ4v) is 2.98. The molecule has 0 radical (unpaired) electrons. The molecule has 8 heteroatoms. The maximum atomic E-state index is 11.9. The summed E-state index contributed by atoms with van der Waals surface area (Å²) < 4.78 is 5.53. The van der Waals surface area contributed by atoms with Crippen molar-refractivity contribution in [1.29, 1.82) is 0 Å². The number of carbonyl (C=O) groups is 1. The van der Waals surface area contributed by atoms with Crippen molar-refractivity contribution in [2.24, 2.45) is 0 Å². The van der Waals surface area contributed by atoms with Crippen LogP contribution in [0, 0.1) is 6.92 Å². The summed E-state index contributed by atoms with van der Waals surface area (Å²) in [5.74, 6) is 1.55. The minimum absolute atomic E-state index is 0.0959. The average molecular weight is 403 g/mol. The maximum absolute atomic E-state index is 11.9. The molecule has 1 amide bonds. The Kier molecular flexibility index (Phi) is 6.73. The lowest BCUT2D eigenvalue weighted by Gasteiger charge is -2.07. The first-order chi connectivity index (χ1) is 13.1. The smallest absolute Gasteiger partial charge is 0.230 e. The van der Waals surface area contributed by atoms with Gasteiger partial charge >= 0.3 is 0 Å². The largest absolute Gasteiger partial charge is 0.492 e. The van der Waals surface area contributed by atoms with Crippen LogP contribution in [0.3, 0.4) is 0 Å². The van der Waals surface area contributed by atoms with Gasteiger partial charge in [-0.1, -0.05) is 53.2 Å². The third-order valence-corrected chi connectivity index (χ3v) is 4.73. The highest BCUT2D eigenvalue weighted by Crippen LogP contribution is 2.19. The Labute approximate surface area is 166 Å². The second-order valence-electron chi connectivity index (χ2n) is 5.77. The van der Waals surface area contributed by atoms with Crippen molar-refractivity contribution in [3.8, 4) is 17.1 Å². The number of carbonyl (C=O) groups excluding carboxylic acids is 1. The minimum Gasteiger partial charge on any atom is -0.492 e. The number of hydrogen-bond acceptors (Lipinski definition) is 5. The molecule has 0 bridgehead atoms. The van der Waals surface area contributed by atoms with Gasteiger partial charge in [0.25, 0.3) is 0 Å². The van der Waals surface area contributed by atoms with Gasteiger partial charge in [0.2, 0.25) is 11.1 Å². The molecular formula is C19H19ClN4O2S. The standard InChI is InChI=1S/C19H19ClN4O2S/c1-13-2-4-14(5-3-13)18-22-19(24-23-18)27-12-17(25)21-10-11-26-16-8-6-15(20)7-9-16/h2-9H,10-12H2,1H3,(H,21,25)(H,22,23,24). The van der Waals surface area contributed by atoms with E-state index in [1.165, 1.54) is 17.3 Å². The summed E-state index contributed by atoms with van der Waals surface area (Å²) in [4.78, 5) is 16.3. The van der Waals surface area contributed by atoms with Crippen molar-refractivity contribution in [2.45, 2.75) is 12.1 Å². The van der Waals surface area contributed by atoms with Crippen molar-refractivity contribution in [1.82, 2.24) is 20.5 Å². The topological polar surface area (TPSA) is 79.9 Å². The number of H-pyrrole nitrogens is 1. The van der Waals surface area contributed by atoms with Gasteiger partial charge in [-0.05, 0) is 31.2 Å². The predicted octanol–water partition coefficient (Wildman–Crippen LogP) is 3.72. The molecule has 0 unspecified atom stereocenters. The van der Waals surface area contributed by atoms with Crippen LogP contribution < -0.4 is 10.1 Å². The fourth-order valence-electron chi connectivity index (χ4n) is 2.22. The summed E-state index contributed by atoms with van der Waals surface area (Å²) in [6.07, 6.45) is 0. The van der Waals surface area contributed by atoms with Gasteiger partial charge in [0.15, 0.2) is 5.82 Å². The molecule has 2 aromatic carbocycles. The average Bonchev–Trinajstić information content (AvgIpc) is 3.14. The van der Waals surface area contributed by atoms with Crippen molar-refractivity contribution in [3.63, 3.8) is 0 Å². The molecule has 0 spiro atoms. The van der Waals surface area contributed by atoms with Gasteiger partial charge in [-0.25, -0.2) is 4.98 Å². The number of amides is 1. The van der Waals surface area contributed by atoms with Crippen LogP contribution in [0.1, 0.15) is 5.56 Å². The molecule has 6 nitrogen and oxygen atoms in total. The Morgan fingerprint density at radius 1 is 1.19 bits per heavy atom. The van der Waals surface area contributed by atoms with E-state index in [0.29, 0.717) is 34.9 Å². The third kappa shape index (κ3) is 6.01. The number of nitrogens with one attached hydrogen (secondary N) is 2. The summed E-state index contributed by atoms with van der Waals surface area (Å²) >= 11 is 7.10. The number of aromatic nitrogens is 3. The molecule has 2 N–H and O–H groups in total. The highest BCUT2D eigenvalue weighted by molar-refractivity contribution is 7.99. The summed E-state index contributed by atoms with van der Waals surface area (Å²) in [6.45, 7) is 2.84. The second-order valence-corrected chi connectivity index (χ2v) is 7.15. The second kappa shape index (κ2) is 9.43. The molecule has 3 rings (SSSR count). The molecule has 140 valence electrons. The molecule has 0 saturated carbocycles. The van der Waals surface area contributed by atoms with E-state index in [1.807, 2.05) is 31.2 Å². The van der Waals surface area contributed by atoms with Crippen molar-refractivity contribution in [2.75, 3.05) is 18.9 Å². The number of nitrogens with zero attached hydrogens (tertiary/aromatic N) is 2. The lowest BCUT2D eigenvalue weighted by molar-refractivity contribution is -0.118. The van der Waals surface area contributed by atoms with Crippen LogP contribution in [0.15, 0.2) is 53.7 Å². The Morgan fingerprint density at radius 3 is 2.67 bits per heavy atom. The number of aromatic amines is 1. The van der Waals surface area contributed by atoms with Gasteiger partial charge in [-0.2, -0.15) is 0 Å². The van der Waals surface area contributed by atoms with E-state index in [-0.39, 0.29) is 11.7 Å². The summed E-state index contributed by atoms with van der Waals surface area (Å²) in [6, 6.07) is 15.1. The van der Waals surface area contributed by atoms with Gasteiger partial charge in [0.05, 0.1) is 12.3 Å². The van der Waals surface area contributed by atoms with Gasteiger partial charge in [-0.3, -0.25) is 9.89 Å². The molecule has 0 fully saturated rings. The first-order valence-electron chi connectivity index (χ1n) is 8.37. The van der Waals surface area contributed by atoms with Crippen LogP contribution >= 0.6 is 23.4 Å². The fraction of sp³-hybridized carbons (Fsp3) is 0.211. The molecule has 3 aromatic rings. The number of ether oxygens (including phenoxy) is 1. The van der Waals surface area contributed by atoms with Crippen LogP contribution in [-0.2, 0) is 4.79 Å². The molecule has 0 atom stereocenters. The highest BCUT2D eigenvalue weighted by Gasteiger charge is 2.09. The molecule has 27 heavy (non-hydrogen) atoms. The van der Waals surface area contributed by atoms with E-state index in [9.17, 15) is 4.79 Å². The summed E-state index contributed by atoms with van der Waals surface area (Å²) in [5, 5.41) is 11.0. The number of aryl methyl sites for hydroxylation is 1. The van der Waals surface area contributed by atoms with Crippen LogP contribution in [0.25, 0.3) is 11.4 Å². The van der Waals surface area contributed by atoms with E-state index < -0.39 is 0 Å². The zero-order chi connectivity index (χ0) is 19.1. The SMILES string of the molecule is Cc1ccc(-c2nc(SCC(=O)NCCOc3ccc(Cl)cc3)n[nH]2)cc1. The Hall–Kier alpha value is -2.51. The molecule has 0 aliphatic heterocycles. The number of hydrogen-bond donors (Lipinski definition) is 2. The predicted molar refractivity (Wildman–Crippen MR) is 107 cm³/mol.